The first kappa shape index (κ1) is 13.2. The van der Waals surface area contributed by atoms with Crippen LogP contribution in [-0.4, -0.2) is 19.3 Å². The molecular formula is C14H16ClNO2. The second-order valence-electron chi connectivity index (χ2n) is 4.49. The molecule has 1 aliphatic carbocycles. The first-order chi connectivity index (χ1) is 8.74. The van der Waals surface area contributed by atoms with E-state index in [9.17, 15) is 0 Å². The maximum atomic E-state index is 9.09. The fraction of sp³-hybridized carbons (Fsp3) is 0.500. The van der Waals surface area contributed by atoms with Gasteiger partial charge in [-0.15, -0.1) is 0 Å². The highest BCUT2D eigenvalue weighted by molar-refractivity contribution is 6.31. The zero-order valence-electron chi connectivity index (χ0n) is 10.4. The molecule has 0 heterocycles. The van der Waals surface area contributed by atoms with Gasteiger partial charge >= 0.3 is 0 Å². The number of halogens is 1. The molecule has 2 unspecified atom stereocenters. The Hall–Kier alpha value is -1.24. The highest BCUT2D eigenvalue weighted by Crippen LogP contribution is 2.30. The van der Waals surface area contributed by atoms with Crippen molar-refractivity contribution < 1.29 is 9.47 Å². The molecule has 1 fully saturated rings. The zero-order valence-corrected chi connectivity index (χ0v) is 11.1. The van der Waals surface area contributed by atoms with Gasteiger partial charge in [-0.3, -0.25) is 0 Å². The Balaban J connectivity index is 2.10. The number of nitrogens with zero attached hydrogens (tertiary/aromatic N) is 1. The van der Waals surface area contributed by atoms with Crippen LogP contribution in [0.1, 0.15) is 31.2 Å². The topological polar surface area (TPSA) is 42.2 Å². The van der Waals surface area contributed by atoms with E-state index in [0.29, 0.717) is 16.3 Å². The SMILES string of the molecule is COC1CCCC(Oc2cccc(Cl)c2C#N)C1. The Morgan fingerprint density at radius 1 is 1.33 bits per heavy atom. The molecule has 2 atom stereocenters. The number of hydrogen-bond acceptors (Lipinski definition) is 3. The van der Waals surface area contributed by atoms with Crippen molar-refractivity contribution in [2.75, 3.05) is 7.11 Å². The van der Waals surface area contributed by atoms with Crippen LogP contribution in [0.5, 0.6) is 5.75 Å². The summed E-state index contributed by atoms with van der Waals surface area (Å²) >= 11 is 5.98. The first-order valence-corrected chi connectivity index (χ1v) is 6.50. The van der Waals surface area contributed by atoms with Crippen LogP contribution in [0.2, 0.25) is 5.02 Å². The molecule has 0 N–H and O–H groups in total. The standard InChI is InChI=1S/C14H16ClNO2/c1-17-10-4-2-5-11(8-10)18-14-7-3-6-13(15)12(14)9-16/h3,6-7,10-11H,2,4-5,8H2,1H3. The lowest BCUT2D eigenvalue weighted by atomic mass is 9.95. The fourth-order valence-electron chi connectivity index (χ4n) is 2.31. The molecule has 0 aromatic heterocycles. The average Bonchev–Trinajstić information content (AvgIpc) is 2.39. The summed E-state index contributed by atoms with van der Waals surface area (Å²) in [5, 5.41) is 9.53. The molecule has 96 valence electrons. The number of methoxy groups -OCH3 is 1. The summed E-state index contributed by atoms with van der Waals surface area (Å²) in [7, 11) is 1.73. The largest absolute Gasteiger partial charge is 0.489 e. The molecule has 1 aromatic rings. The van der Waals surface area contributed by atoms with Crippen molar-refractivity contribution in [3.63, 3.8) is 0 Å². The maximum Gasteiger partial charge on any atom is 0.139 e. The number of nitriles is 1. The zero-order chi connectivity index (χ0) is 13.0. The predicted molar refractivity (Wildman–Crippen MR) is 69.8 cm³/mol. The van der Waals surface area contributed by atoms with Crippen LogP contribution in [0.15, 0.2) is 18.2 Å². The number of rotatable bonds is 3. The highest BCUT2D eigenvalue weighted by Gasteiger charge is 2.24. The first-order valence-electron chi connectivity index (χ1n) is 6.12. The molecule has 0 aliphatic heterocycles. The Kier molecular flexibility index (Phi) is 4.46. The number of benzene rings is 1. The minimum Gasteiger partial charge on any atom is -0.489 e. The van der Waals surface area contributed by atoms with Crippen LogP contribution in [0, 0.1) is 11.3 Å². The van der Waals surface area contributed by atoms with E-state index in [1.165, 1.54) is 0 Å². The third kappa shape index (κ3) is 2.95. The molecule has 0 spiro atoms. The van der Waals surface area contributed by atoms with Crippen molar-refractivity contribution in [3.05, 3.63) is 28.8 Å². The van der Waals surface area contributed by atoms with Gasteiger partial charge in [-0.25, -0.2) is 0 Å². The van der Waals surface area contributed by atoms with E-state index >= 15 is 0 Å². The molecule has 18 heavy (non-hydrogen) atoms. The van der Waals surface area contributed by atoms with Crippen molar-refractivity contribution in [2.45, 2.75) is 37.9 Å². The smallest absolute Gasteiger partial charge is 0.139 e. The van der Waals surface area contributed by atoms with Crippen molar-refractivity contribution in [1.82, 2.24) is 0 Å². The van der Waals surface area contributed by atoms with Gasteiger partial charge in [0, 0.05) is 13.5 Å². The third-order valence-electron chi connectivity index (χ3n) is 3.29. The minimum absolute atomic E-state index is 0.106. The third-order valence-corrected chi connectivity index (χ3v) is 3.61. The molecule has 2 rings (SSSR count). The van der Waals surface area contributed by atoms with Crippen LogP contribution in [0.25, 0.3) is 0 Å². The number of hydrogen-bond donors (Lipinski definition) is 0. The van der Waals surface area contributed by atoms with Gasteiger partial charge in [0.2, 0.25) is 0 Å². The summed E-state index contributed by atoms with van der Waals surface area (Å²) in [6.45, 7) is 0. The summed E-state index contributed by atoms with van der Waals surface area (Å²) < 4.78 is 11.3. The summed E-state index contributed by atoms with van der Waals surface area (Å²) in [5.41, 5.74) is 0.415. The van der Waals surface area contributed by atoms with Crippen molar-refractivity contribution in [2.24, 2.45) is 0 Å². The lowest BCUT2D eigenvalue weighted by Crippen LogP contribution is -2.29. The summed E-state index contributed by atoms with van der Waals surface area (Å²) in [6, 6.07) is 7.38. The lowest BCUT2D eigenvalue weighted by Gasteiger charge is -2.29. The Morgan fingerprint density at radius 3 is 2.83 bits per heavy atom. The maximum absolute atomic E-state index is 9.09. The molecule has 0 radical (unpaired) electrons. The summed E-state index contributed by atoms with van der Waals surface area (Å²) in [5.74, 6) is 0.576. The van der Waals surface area contributed by atoms with E-state index in [2.05, 4.69) is 6.07 Å². The van der Waals surface area contributed by atoms with Crippen LogP contribution in [0.4, 0.5) is 0 Å². The molecule has 3 nitrogen and oxygen atoms in total. The average molecular weight is 266 g/mol. The molecule has 1 aliphatic rings. The normalized spacial score (nSPS) is 23.4. The Labute approximate surface area is 112 Å². The predicted octanol–water partition coefficient (Wildman–Crippen LogP) is 3.55. The van der Waals surface area contributed by atoms with Gasteiger partial charge in [0.1, 0.15) is 23.5 Å². The molecule has 4 heteroatoms. The molecule has 0 amide bonds. The van der Waals surface area contributed by atoms with Gasteiger partial charge in [0.15, 0.2) is 0 Å². The van der Waals surface area contributed by atoms with Crippen molar-refractivity contribution >= 4 is 11.6 Å². The van der Waals surface area contributed by atoms with Crippen LogP contribution >= 0.6 is 11.6 Å². The van der Waals surface area contributed by atoms with E-state index in [1.807, 2.05) is 0 Å². The molecule has 1 saturated carbocycles. The van der Waals surface area contributed by atoms with Crippen LogP contribution in [-0.2, 0) is 4.74 Å². The van der Waals surface area contributed by atoms with E-state index in [0.717, 1.165) is 25.7 Å². The van der Waals surface area contributed by atoms with E-state index in [4.69, 9.17) is 26.3 Å². The fourth-order valence-corrected chi connectivity index (χ4v) is 2.52. The molecule has 0 bridgehead atoms. The quantitative estimate of drug-likeness (QED) is 0.839. The van der Waals surface area contributed by atoms with Crippen LogP contribution in [0.3, 0.4) is 0 Å². The van der Waals surface area contributed by atoms with Gasteiger partial charge in [0.05, 0.1) is 11.1 Å². The van der Waals surface area contributed by atoms with E-state index < -0.39 is 0 Å². The molecular weight excluding hydrogens is 250 g/mol. The summed E-state index contributed by atoms with van der Waals surface area (Å²) in [6.07, 6.45) is 4.40. The summed E-state index contributed by atoms with van der Waals surface area (Å²) in [4.78, 5) is 0. The van der Waals surface area contributed by atoms with E-state index in [1.54, 1.807) is 25.3 Å². The second-order valence-corrected chi connectivity index (χ2v) is 4.90. The van der Waals surface area contributed by atoms with Crippen molar-refractivity contribution in [1.29, 1.82) is 5.26 Å². The lowest BCUT2D eigenvalue weighted by molar-refractivity contribution is 0.0209. The minimum atomic E-state index is 0.106. The van der Waals surface area contributed by atoms with Crippen molar-refractivity contribution in [3.8, 4) is 11.8 Å². The van der Waals surface area contributed by atoms with Gasteiger partial charge in [-0.1, -0.05) is 17.7 Å². The Bertz CT molecular complexity index is 456. The second kappa shape index (κ2) is 6.08. The monoisotopic (exact) mass is 265 g/mol. The number of ether oxygens (including phenoxy) is 2. The molecule has 0 saturated heterocycles. The van der Waals surface area contributed by atoms with Gasteiger partial charge in [0.25, 0.3) is 0 Å². The highest BCUT2D eigenvalue weighted by atomic mass is 35.5. The van der Waals surface area contributed by atoms with Crippen LogP contribution < -0.4 is 4.74 Å². The van der Waals surface area contributed by atoms with Gasteiger partial charge < -0.3 is 9.47 Å². The van der Waals surface area contributed by atoms with E-state index in [-0.39, 0.29) is 12.2 Å². The van der Waals surface area contributed by atoms with Gasteiger partial charge in [-0.05, 0) is 31.4 Å². The molecule has 1 aromatic carbocycles. The Morgan fingerprint density at radius 2 is 2.11 bits per heavy atom. The van der Waals surface area contributed by atoms with Gasteiger partial charge in [-0.2, -0.15) is 5.26 Å².